The molecule has 3 rings (SSSR count). The second-order valence-electron chi connectivity index (χ2n) is 3.86. The van der Waals surface area contributed by atoms with Gasteiger partial charge in [-0.2, -0.15) is 0 Å². The molecule has 2 bridgehead atoms. The van der Waals surface area contributed by atoms with Gasteiger partial charge in [0.15, 0.2) is 0 Å². The van der Waals surface area contributed by atoms with Gasteiger partial charge in [-0.05, 0) is 0 Å². The van der Waals surface area contributed by atoms with Gasteiger partial charge in [-0.3, -0.25) is 9.59 Å². The number of ether oxygens (including phenoxy) is 2. The van der Waals surface area contributed by atoms with Gasteiger partial charge in [0.05, 0.1) is 0 Å². The molecule has 6 heteroatoms. The summed E-state index contributed by atoms with van der Waals surface area (Å²) in [6.45, 7) is 0. The van der Waals surface area contributed by atoms with Gasteiger partial charge in [0.25, 0.3) is 0 Å². The normalized spacial score (nSPS) is 52.9. The van der Waals surface area contributed by atoms with Gasteiger partial charge in [0.1, 0.15) is 36.3 Å². The Labute approximate surface area is 78.4 Å². The van der Waals surface area contributed by atoms with Gasteiger partial charge in [-0.1, -0.05) is 0 Å². The van der Waals surface area contributed by atoms with E-state index in [9.17, 15) is 9.59 Å². The van der Waals surface area contributed by atoms with E-state index in [0.717, 1.165) is 0 Å². The maximum atomic E-state index is 10.9. The quantitative estimate of drug-likeness (QED) is 0.551. The molecule has 0 aromatic rings. The van der Waals surface area contributed by atoms with Crippen molar-refractivity contribution in [2.24, 2.45) is 11.8 Å². The summed E-state index contributed by atoms with van der Waals surface area (Å²) in [5.74, 6) is -4.14. The molecule has 0 aliphatic carbocycles. The average molecular weight is 200 g/mol. The van der Waals surface area contributed by atoms with Crippen molar-refractivity contribution in [2.75, 3.05) is 0 Å². The Hall–Kier alpha value is -1.14. The predicted octanol–water partition coefficient (Wildman–Crippen LogP) is -1.06. The highest BCUT2D eigenvalue weighted by Crippen LogP contribution is 2.53. The third-order valence-electron chi connectivity index (χ3n) is 3.19. The van der Waals surface area contributed by atoms with Crippen LogP contribution in [0.2, 0.25) is 0 Å². The fourth-order valence-corrected chi connectivity index (χ4v) is 2.58. The van der Waals surface area contributed by atoms with Crippen molar-refractivity contribution in [1.29, 1.82) is 0 Å². The molecule has 6 atom stereocenters. The van der Waals surface area contributed by atoms with Gasteiger partial charge in [0, 0.05) is 0 Å². The molecule has 0 spiro atoms. The molecule has 3 aliphatic rings. The lowest BCUT2D eigenvalue weighted by atomic mass is 9.79. The number of carboxylic acid groups (broad SMARTS) is 2. The van der Waals surface area contributed by atoms with Gasteiger partial charge >= 0.3 is 11.9 Å². The molecule has 0 unspecified atom stereocenters. The van der Waals surface area contributed by atoms with Crippen LogP contribution in [0.15, 0.2) is 0 Å². The van der Waals surface area contributed by atoms with Crippen LogP contribution in [0.5, 0.6) is 0 Å². The van der Waals surface area contributed by atoms with Crippen molar-refractivity contribution in [3.8, 4) is 0 Å². The zero-order valence-corrected chi connectivity index (χ0v) is 6.99. The van der Waals surface area contributed by atoms with E-state index in [1.807, 2.05) is 0 Å². The highest BCUT2D eigenvalue weighted by molar-refractivity contribution is 5.82. The lowest BCUT2D eigenvalue weighted by Gasteiger charge is -2.17. The van der Waals surface area contributed by atoms with E-state index >= 15 is 0 Å². The first-order valence-electron chi connectivity index (χ1n) is 4.38. The Morgan fingerprint density at radius 3 is 1.50 bits per heavy atom. The van der Waals surface area contributed by atoms with Crippen molar-refractivity contribution >= 4 is 11.9 Å². The largest absolute Gasteiger partial charge is 0.481 e. The first-order valence-corrected chi connectivity index (χ1v) is 4.38. The van der Waals surface area contributed by atoms with Crippen molar-refractivity contribution in [3.63, 3.8) is 0 Å². The van der Waals surface area contributed by atoms with E-state index < -0.39 is 36.0 Å². The van der Waals surface area contributed by atoms with Gasteiger partial charge in [0.2, 0.25) is 0 Å². The maximum absolute atomic E-state index is 10.9. The van der Waals surface area contributed by atoms with E-state index in [4.69, 9.17) is 19.7 Å². The molecule has 0 aromatic heterocycles. The first-order chi connectivity index (χ1) is 6.61. The molecule has 3 heterocycles. The number of carboxylic acids is 2. The van der Waals surface area contributed by atoms with Crippen molar-refractivity contribution in [1.82, 2.24) is 0 Å². The van der Waals surface area contributed by atoms with Crippen LogP contribution in [-0.2, 0) is 19.1 Å². The van der Waals surface area contributed by atoms with Gasteiger partial charge < -0.3 is 19.7 Å². The van der Waals surface area contributed by atoms with E-state index in [0.29, 0.717) is 0 Å². The summed E-state index contributed by atoms with van der Waals surface area (Å²) in [6, 6.07) is 0. The standard InChI is InChI=1S/C8H8O6/c9-7(10)1-2(8(11)12)4-6-5(14-6)3(1)13-4/h1-6H,(H,9,10)(H,11,12)/t1-,2+,3-,4-,5-,6-/m1/s1. The van der Waals surface area contributed by atoms with Crippen LogP contribution in [0.1, 0.15) is 0 Å². The van der Waals surface area contributed by atoms with Crippen LogP contribution < -0.4 is 0 Å². The Balaban J connectivity index is 1.95. The van der Waals surface area contributed by atoms with Crippen LogP contribution in [0.4, 0.5) is 0 Å². The molecular weight excluding hydrogens is 192 g/mol. The van der Waals surface area contributed by atoms with E-state index in [-0.39, 0.29) is 12.2 Å². The lowest BCUT2D eigenvalue weighted by Crippen LogP contribution is -2.41. The minimum atomic E-state index is -1.11. The SMILES string of the molecule is O=C(O)[C@@H]1[C@H]2O[C@@H]([C@H]3O[C@@H]32)[C@@H]1C(=O)O. The molecule has 76 valence electrons. The van der Waals surface area contributed by atoms with E-state index in [1.54, 1.807) is 0 Å². The number of hydrogen-bond acceptors (Lipinski definition) is 4. The third kappa shape index (κ3) is 0.777. The van der Waals surface area contributed by atoms with Gasteiger partial charge in [-0.25, -0.2) is 0 Å². The number of fused-ring (bicyclic) bond motifs is 5. The van der Waals surface area contributed by atoms with Crippen LogP contribution in [0, 0.1) is 11.8 Å². The summed E-state index contributed by atoms with van der Waals surface area (Å²) < 4.78 is 10.4. The van der Waals surface area contributed by atoms with Crippen LogP contribution >= 0.6 is 0 Å². The number of aliphatic carboxylic acids is 2. The summed E-state index contributed by atoms with van der Waals surface area (Å²) in [4.78, 5) is 21.7. The summed E-state index contributed by atoms with van der Waals surface area (Å²) in [5.41, 5.74) is 0. The molecule has 0 amide bonds. The highest BCUT2D eigenvalue weighted by atomic mass is 16.7. The topological polar surface area (TPSA) is 96.4 Å². The van der Waals surface area contributed by atoms with E-state index in [2.05, 4.69) is 0 Å². The zero-order valence-electron chi connectivity index (χ0n) is 6.99. The Morgan fingerprint density at radius 2 is 1.14 bits per heavy atom. The summed E-state index contributed by atoms with van der Waals surface area (Å²) >= 11 is 0. The molecule has 6 nitrogen and oxygen atoms in total. The van der Waals surface area contributed by atoms with Crippen LogP contribution in [-0.4, -0.2) is 46.6 Å². The predicted molar refractivity (Wildman–Crippen MR) is 39.6 cm³/mol. The van der Waals surface area contributed by atoms with Crippen molar-refractivity contribution < 1.29 is 29.3 Å². The second kappa shape index (κ2) is 2.26. The molecule has 0 saturated carbocycles. The van der Waals surface area contributed by atoms with E-state index in [1.165, 1.54) is 0 Å². The smallest absolute Gasteiger partial charge is 0.310 e. The number of carbonyl (C=O) groups is 2. The third-order valence-corrected chi connectivity index (χ3v) is 3.19. The van der Waals surface area contributed by atoms with Gasteiger partial charge in [-0.15, -0.1) is 0 Å². The molecule has 0 radical (unpaired) electrons. The zero-order chi connectivity index (χ0) is 10.0. The Bertz CT molecular complexity index is 296. The molecule has 14 heavy (non-hydrogen) atoms. The second-order valence-corrected chi connectivity index (χ2v) is 3.86. The Morgan fingerprint density at radius 1 is 0.786 bits per heavy atom. The Kier molecular flexibility index (Phi) is 1.32. The monoisotopic (exact) mass is 200 g/mol. The molecule has 0 aromatic carbocycles. The lowest BCUT2D eigenvalue weighted by molar-refractivity contribution is -0.153. The summed E-state index contributed by atoms with van der Waals surface area (Å²) in [5, 5.41) is 17.8. The summed E-state index contributed by atoms with van der Waals surface area (Å²) in [6.07, 6.45) is -1.50. The first kappa shape index (κ1) is 8.19. The molecule has 2 N–H and O–H groups in total. The molecule has 3 saturated heterocycles. The number of hydrogen-bond donors (Lipinski definition) is 2. The van der Waals surface area contributed by atoms with Crippen molar-refractivity contribution in [2.45, 2.75) is 24.4 Å². The molecular formula is C8H8O6. The molecule has 3 aliphatic heterocycles. The van der Waals surface area contributed by atoms with Crippen molar-refractivity contribution in [3.05, 3.63) is 0 Å². The fourth-order valence-electron chi connectivity index (χ4n) is 2.58. The summed E-state index contributed by atoms with van der Waals surface area (Å²) in [7, 11) is 0. The minimum Gasteiger partial charge on any atom is -0.481 e. The van der Waals surface area contributed by atoms with Crippen LogP contribution in [0.3, 0.4) is 0 Å². The highest BCUT2D eigenvalue weighted by Gasteiger charge is 2.72. The fraction of sp³-hybridized carbons (Fsp3) is 0.750. The maximum Gasteiger partial charge on any atom is 0.310 e. The molecule has 3 fully saturated rings. The van der Waals surface area contributed by atoms with Crippen LogP contribution in [0.25, 0.3) is 0 Å². The minimum absolute atomic E-state index is 0.184. The average Bonchev–Trinajstić information content (AvgIpc) is 2.71. The number of epoxide rings is 1. The number of rotatable bonds is 2.